The van der Waals surface area contributed by atoms with Gasteiger partial charge in [0, 0.05) is 24.5 Å². The average molecular weight is 456 g/mol. The summed E-state index contributed by atoms with van der Waals surface area (Å²) < 4.78 is 0. The standard InChI is InChI=1S/C27H29N5O2/c1-2-16-10-20(33)6-8-22(16)17-5-7-23-24(11-17)30-31-26(23)27-28-14-25(29-27)18-4-3-9-32(15-18)19-12-21(34)13-19/h4-8,10-11,14,19,21,33-34H,2-3,9,12-13,15H2,1H3,(H,28,29)(H,30,31). The molecule has 4 N–H and O–H groups in total. The number of aryl methyl sites for hydroxylation is 1. The molecule has 0 bridgehead atoms. The van der Waals surface area contributed by atoms with Crippen LogP contribution in [0.25, 0.3) is 39.1 Å². The molecule has 2 aliphatic rings. The molecule has 34 heavy (non-hydrogen) atoms. The number of aliphatic hydroxyl groups excluding tert-OH is 1. The molecule has 0 amide bonds. The molecule has 0 saturated heterocycles. The summed E-state index contributed by atoms with van der Waals surface area (Å²) in [5.41, 5.74) is 7.37. The van der Waals surface area contributed by atoms with Gasteiger partial charge in [0.25, 0.3) is 0 Å². The zero-order valence-corrected chi connectivity index (χ0v) is 19.3. The zero-order valence-electron chi connectivity index (χ0n) is 19.3. The van der Waals surface area contributed by atoms with Crippen LogP contribution in [-0.2, 0) is 6.42 Å². The third-order valence-corrected chi connectivity index (χ3v) is 7.27. The molecule has 1 aliphatic heterocycles. The number of H-pyrrole nitrogens is 2. The third kappa shape index (κ3) is 3.71. The van der Waals surface area contributed by atoms with Gasteiger partial charge < -0.3 is 15.2 Å². The largest absolute Gasteiger partial charge is 0.508 e. The van der Waals surface area contributed by atoms with E-state index < -0.39 is 0 Å². The first-order valence-corrected chi connectivity index (χ1v) is 12.1. The summed E-state index contributed by atoms with van der Waals surface area (Å²) in [4.78, 5) is 10.6. The van der Waals surface area contributed by atoms with E-state index >= 15 is 0 Å². The fraction of sp³-hybridized carbons (Fsp3) is 0.333. The average Bonchev–Trinajstić information content (AvgIpc) is 3.49. The first kappa shape index (κ1) is 21.1. The van der Waals surface area contributed by atoms with E-state index in [0.717, 1.165) is 83.6 Å². The molecule has 1 fully saturated rings. The van der Waals surface area contributed by atoms with E-state index in [1.54, 1.807) is 6.07 Å². The van der Waals surface area contributed by atoms with Crippen LogP contribution >= 0.6 is 0 Å². The van der Waals surface area contributed by atoms with E-state index in [2.05, 4.69) is 56.3 Å². The minimum atomic E-state index is -0.130. The van der Waals surface area contributed by atoms with Gasteiger partial charge in [-0.15, -0.1) is 0 Å². The summed E-state index contributed by atoms with van der Waals surface area (Å²) in [5, 5.41) is 28.3. The van der Waals surface area contributed by atoms with Crippen LogP contribution in [0.5, 0.6) is 5.75 Å². The van der Waals surface area contributed by atoms with Gasteiger partial charge in [-0.2, -0.15) is 5.10 Å². The Morgan fingerprint density at radius 2 is 2.03 bits per heavy atom. The van der Waals surface area contributed by atoms with Crippen LogP contribution in [0.4, 0.5) is 0 Å². The fourth-order valence-electron chi connectivity index (χ4n) is 5.26. The molecule has 4 aromatic rings. The Hall–Kier alpha value is -3.42. The normalized spacial score (nSPS) is 20.9. The van der Waals surface area contributed by atoms with Crippen molar-refractivity contribution in [3.05, 3.63) is 59.9 Å². The third-order valence-electron chi connectivity index (χ3n) is 7.27. The van der Waals surface area contributed by atoms with Crippen molar-refractivity contribution in [2.75, 3.05) is 13.1 Å². The Morgan fingerprint density at radius 1 is 1.15 bits per heavy atom. The van der Waals surface area contributed by atoms with Crippen molar-refractivity contribution in [3.63, 3.8) is 0 Å². The Balaban J connectivity index is 1.27. The number of phenols is 1. The van der Waals surface area contributed by atoms with Crippen molar-refractivity contribution in [3.8, 4) is 28.4 Å². The number of benzene rings is 2. The minimum Gasteiger partial charge on any atom is -0.508 e. The predicted molar refractivity (Wildman–Crippen MR) is 133 cm³/mol. The highest BCUT2D eigenvalue weighted by Crippen LogP contribution is 2.33. The molecule has 2 aromatic carbocycles. The Bertz CT molecular complexity index is 1380. The quantitative estimate of drug-likeness (QED) is 0.355. The van der Waals surface area contributed by atoms with E-state index in [1.165, 1.54) is 5.57 Å². The van der Waals surface area contributed by atoms with Crippen molar-refractivity contribution < 1.29 is 10.2 Å². The molecular weight excluding hydrogens is 426 g/mol. The molecule has 2 aromatic heterocycles. The van der Waals surface area contributed by atoms with Gasteiger partial charge in [-0.3, -0.25) is 10.00 Å². The molecule has 1 saturated carbocycles. The molecule has 1 aliphatic carbocycles. The summed E-state index contributed by atoms with van der Waals surface area (Å²) >= 11 is 0. The van der Waals surface area contributed by atoms with Gasteiger partial charge in [0.15, 0.2) is 5.82 Å². The van der Waals surface area contributed by atoms with Crippen molar-refractivity contribution >= 4 is 16.5 Å². The van der Waals surface area contributed by atoms with Crippen molar-refractivity contribution in [2.24, 2.45) is 0 Å². The number of aromatic amines is 2. The Morgan fingerprint density at radius 3 is 2.85 bits per heavy atom. The zero-order chi connectivity index (χ0) is 23.2. The fourth-order valence-corrected chi connectivity index (χ4v) is 5.26. The van der Waals surface area contributed by atoms with Crippen LogP contribution in [0, 0.1) is 0 Å². The van der Waals surface area contributed by atoms with Gasteiger partial charge in [-0.25, -0.2) is 4.98 Å². The van der Waals surface area contributed by atoms with Crippen LogP contribution in [0.3, 0.4) is 0 Å². The molecule has 0 spiro atoms. The monoisotopic (exact) mass is 455 g/mol. The summed E-state index contributed by atoms with van der Waals surface area (Å²) in [5.74, 6) is 1.05. The number of aromatic hydroxyl groups is 1. The second-order valence-corrected chi connectivity index (χ2v) is 9.44. The maximum absolute atomic E-state index is 9.84. The number of nitrogens with zero attached hydrogens (tertiary/aromatic N) is 3. The summed E-state index contributed by atoms with van der Waals surface area (Å²) in [6.07, 6.45) is 7.69. The molecule has 3 heterocycles. The number of hydrogen-bond donors (Lipinski definition) is 4. The van der Waals surface area contributed by atoms with Crippen LogP contribution < -0.4 is 0 Å². The topological polar surface area (TPSA) is 101 Å². The second kappa shape index (κ2) is 8.42. The number of fused-ring (bicyclic) bond motifs is 1. The molecule has 0 radical (unpaired) electrons. The van der Waals surface area contributed by atoms with Crippen LogP contribution in [-0.4, -0.2) is 60.5 Å². The lowest BCUT2D eigenvalue weighted by molar-refractivity contribution is 0.00655. The van der Waals surface area contributed by atoms with E-state index in [-0.39, 0.29) is 6.10 Å². The van der Waals surface area contributed by atoms with E-state index in [0.29, 0.717) is 11.8 Å². The number of hydrogen-bond acceptors (Lipinski definition) is 5. The highest BCUT2D eigenvalue weighted by molar-refractivity contribution is 5.94. The van der Waals surface area contributed by atoms with Gasteiger partial charge in [0.05, 0.1) is 23.5 Å². The van der Waals surface area contributed by atoms with Gasteiger partial charge in [0.2, 0.25) is 0 Å². The number of rotatable bonds is 5. The Labute approximate surface area is 198 Å². The number of aromatic nitrogens is 4. The lowest BCUT2D eigenvalue weighted by Crippen LogP contribution is -2.48. The first-order chi connectivity index (χ1) is 16.6. The number of phenolic OH excluding ortho intramolecular Hbond substituents is 1. The molecule has 7 heteroatoms. The van der Waals surface area contributed by atoms with Crippen molar-refractivity contribution in [2.45, 2.75) is 44.8 Å². The van der Waals surface area contributed by atoms with Crippen LogP contribution in [0.2, 0.25) is 0 Å². The summed E-state index contributed by atoms with van der Waals surface area (Å²) in [6.45, 7) is 4.03. The number of nitrogens with one attached hydrogen (secondary N) is 2. The smallest absolute Gasteiger partial charge is 0.159 e. The molecule has 0 atom stereocenters. The maximum atomic E-state index is 9.84. The van der Waals surface area contributed by atoms with Gasteiger partial charge in [-0.05, 0) is 72.2 Å². The van der Waals surface area contributed by atoms with Crippen LogP contribution in [0.1, 0.15) is 37.4 Å². The maximum Gasteiger partial charge on any atom is 0.159 e. The second-order valence-electron chi connectivity index (χ2n) is 9.44. The number of aliphatic hydroxyl groups is 1. The van der Waals surface area contributed by atoms with E-state index in [4.69, 9.17) is 0 Å². The predicted octanol–water partition coefficient (Wildman–Crippen LogP) is 4.50. The summed E-state index contributed by atoms with van der Waals surface area (Å²) in [7, 11) is 0. The minimum absolute atomic E-state index is 0.130. The van der Waals surface area contributed by atoms with E-state index in [9.17, 15) is 10.2 Å². The molecular formula is C27H29N5O2. The lowest BCUT2D eigenvalue weighted by Gasteiger charge is -2.42. The first-order valence-electron chi connectivity index (χ1n) is 12.1. The number of imidazole rings is 1. The Kier molecular flexibility index (Phi) is 5.23. The molecule has 0 unspecified atom stereocenters. The van der Waals surface area contributed by atoms with Crippen LogP contribution in [0.15, 0.2) is 48.7 Å². The SMILES string of the molecule is CCc1cc(O)ccc1-c1ccc2c(-c3ncc(C4=CCCN(C5CC(O)C5)C4)[nH]3)n[nH]c2c1. The highest BCUT2D eigenvalue weighted by atomic mass is 16.3. The molecule has 7 nitrogen and oxygen atoms in total. The van der Waals surface area contributed by atoms with Gasteiger partial charge in [0.1, 0.15) is 11.4 Å². The van der Waals surface area contributed by atoms with Crippen molar-refractivity contribution in [1.29, 1.82) is 0 Å². The lowest BCUT2D eigenvalue weighted by atomic mass is 9.87. The van der Waals surface area contributed by atoms with E-state index in [1.807, 2.05) is 18.3 Å². The van der Waals surface area contributed by atoms with Crippen molar-refractivity contribution in [1.82, 2.24) is 25.1 Å². The van der Waals surface area contributed by atoms with Gasteiger partial charge >= 0.3 is 0 Å². The highest BCUT2D eigenvalue weighted by Gasteiger charge is 2.33. The molecule has 174 valence electrons. The summed E-state index contributed by atoms with van der Waals surface area (Å²) in [6, 6.07) is 12.3. The molecule has 6 rings (SSSR count). The van der Waals surface area contributed by atoms with Gasteiger partial charge in [-0.1, -0.05) is 25.1 Å².